The van der Waals surface area contributed by atoms with Gasteiger partial charge in [0.05, 0.1) is 36.6 Å². The average Bonchev–Trinajstić information content (AvgIpc) is 3.30. The summed E-state index contributed by atoms with van der Waals surface area (Å²) in [6, 6.07) is 19.5. The number of aryl methyl sites for hydroxylation is 1. The first-order valence-electron chi connectivity index (χ1n) is 11.8. The minimum atomic E-state index is -0.185. The molecule has 0 fully saturated rings. The Hall–Kier alpha value is -3.58. The van der Waals surface area contributed by atoms with Gasteiger partial charge in [-0.3, -0.25) is 9.69 Å². The zero-order valence-electron chi connectivity index (χ0n) is 20.5. The number of ether oxygens (including phenoxy) is 3. The molecule has 0 saturated heterocycles. The molecule has 0 aliphatic carbocycles. The lowest BCUT2D eigenvalue weighted by molar-refractivity contribution is 0.0984. The number of para-hydroxylation sites is 1. The predicted octanol–water partition coefficient (Wildman–Crippen LogP) is 6.65. The van der Waals surface area contributed by atoms with Gasteiger partial charge in [-0.15, -0.1) is 0 Å². The Kier molecular flexibility index (Phi) is 7.87. The number of anilines is 1. The highest BCUT2D eigenvalue weighted by atomic mass is 32.1. The van der Waals surface area contributed by atoms with E-state index in [-0.39, 0.29) is 5.91 Å². The van der Waals surface area contributed by atoms with Gasteiger partial charge in [-0.05, 0) is 57.0 Å². The third-order valence-corrected chi connectivity index (χ3v) is 6.47. The van der Waals surface area contributed by atoms with Gasteiger partial charge < -0.3 is 14.2 Å². The van der Waals surface area contributed by atoms with Crippen LogP contribution in [0, 0.1) is 6.92 Å². The van der Waals surface area contributed by atoms with E-state index in [1.807, 2.05) is 76.2 Å². The van der Waals surface area contributed by atoms with E-state index >= 15 is 0 Å². The fourth-order valence-corrected chi connectivity index (χ4v) is 4.89. The Morgan fingerprint density at radius 1 is 0.886 bits per heavy atom. The summed E-state index contributed by atoms with van der Waals surface area (Å²) >= 11 is 1.51. The summed E-state index contributed by atoms with van der Waals surface area (Å²) < 4.78 is 18.6. The van der Waals surface area contributed by atoms with Gasteiger partial charge in [-0.2, -0.15) is 0 Å². The molecule has 4 aromatic rings. The second-order valence-electron chi connectivity index (χ2n) is 7.90. The van der Waals surface area contributed by atoms with Crippen LogP contribution in [0.2, 0.25) is 0 Å². The number of carbonyl (C=O) groups is 1. The molecule has 1 amide bonds. The van der Waals surface area contributed by atoms with Gasteiger partial charge in [0.25, 0.3) is 5.91 Å². The lowest BCUT2D eigenvalue weighted by atomic mass is 10.1. The van der Waals surface area contributed by atoms with Crippen LogP contribution >= 0.6 is 11.3 Å². The number of hydrogen-bond acceptors (Lipinski definition) is 6. The summed E-state index contributed by atoms with van der Waals surface area (Å²) in [5.74, 6) is 1.31. The fourth-order valence-electron chi connectivity index (χ4n) is 3.85. The lowest BCUT2D eigenvalue weighted by Gasteiger charge is -2.22. The van der Waals surface area contributed by atoms with Gasteiger partial charge in [0, 0.05) is 5.56 Å². The number of hydrogen-bond donors (Lipinski definition) is 0. The van der Waals surface area contributed by atoms with E-state index in [1.54, 1.807) is 17.0 Å². The van der Waals surface area contributed by atoms with Gasteiger partial charge in [0.2, 0.25) is 5.75 Å². The van der Waals surface area contributed by atoms with Gasteiger partial charge in [0.1, 0.15) is 0 Å². The third-order valence-electron chi connectivity index (χ3n) is 5.43. The SMILES string of the molecule is CCOc1cc(C(=O)N(Cc2ccccc2)c2nc3c(C)cccc3s2)cc(OCC)c1OCC. The van der Waals surface area contributed by atoms with Crippen molar-refractivity contribution in [1.29, 1.82) is 0 Å². The number of benzene rings is 3. The Bertz CT molecular complexity index is 1280. The molecule has 3 aromatic carbocycles. The molecule has 1 aromatic heterocycles. The summed E-state index contributed by atoms with van der Waals surface area (Å²) in [4.78, 5) is 20.6. The third kappa shape index (κ3) is 5.41. The summed E-state index contributed by atoms with van der Waals surface area (Å²) in [6.45, 7) is 9.46. The summed E-state index contributed by atoms with van der Waals surface area (Å²) in [7, 11) is 0. The maximum absolute atomic E-state index is 14.0. The van der Waals surface area contributed by atoms with Crippen LogP contribution in [0.25, 0.3) is 10.2 Å². The highest BCUT2D eigenvalue weighted by molar-refractivity contribution is 7.22. The number of thiazole rings is 1. The van der Waals surface area contributed by atoms with Crippen molar-refractivity contribution < 1.29 is 19.0 Å². The van der Waals surface area contributed by atoms with Crippen LogP contribution in [0.15, 0.2) is 60.7 Å². The zero-order chi connectivity index (χ0) is 24.8. The molecular weight excluding hydrogens is 460 g/mol. The molecule has 0 aliphatic rings. The van der Waals surface area contributed by atoms with Crippen LogP contribution < -0.4 is 19.1 Å². The van der Waals surface area contributed by atoms with E-state index < -0.39 is 0 Å². The first-order chi connectivity index (χ1) is 17.0. The molecule has 35 heavy (non-hydrogen) atoms. The largest absolute Gasteiger partial charge is 0.490 e. The molecule has 7 heteroatoms. The van der Waals surface area contributed by atoms with Gasteiger partial charge in [0.15, 0.2) is 16.6 Å². The maximum Gasteiger partial charge on any atom is 0.260 e. The minimum absolute atomic E-state index is 0.185. The van der Waals surface area contributed by atoms with E-state index in [2.05, 4.69) is 0 Å². The Morgan fingerprint density at radius 3 is 2.14 bits per heavy atom. The molecule has 0 bridgehead atoms. The molecule has 6 nitrogen and oxygen atoms in total. The van der Waals surface area contributed by atoms with Crippen LogP contribution in [-0.4, -0.2) is 30.7 Å². The number of nitrogens with zero attached hydrogens (tertiary/aromatic N) is 2. The second-order valence-corrected chi connectivity index (χ2v) is 8.90. The monoisotopic (exact) mass is 490 g/mol. The summed E-state index contributed by atoms with van der Waals surface area (Å²) in [6.07, 6.45) is 0. The molecule has 0 spiro atoms. The van der Waals surface area contributed by atoms with Crippen molar-refractivity contribution in [2.75, 3.05) is 24.7 Å². The van der Waals surface area contributed by atoms with Crippen molar-refractivity contribution in [3.8, 4) is 17.2 Å². The van der Waals surface area contributed by atoms with Crippen molar-refractivity contribution in [2.24, 2.45) is 0 Å². The first kappa shape index (κ1) is 24.5. The van der Waals surface area contributed by atoms with Crippen LogP contribution in [0.4, 0.5) is 5.13 Å². The minimum Gasteiger partial charge on any atom is -0.490 e. The molecule has 0 unspecified atom stereocenters. The fraction of sp³-hybridized carbons (Fsp3) is 0.286. The Balaban J connectivity index is 1.82. The van der Waals surface area contributed by atoms with Crippen molar-refractivity contribution in [3.05, 3.63) is 77.4 Å². The number of amides is 1. The second kappa shape index (κ2) is 11.2. The van der Waals surface area contributed by atoms with Crippen molar-refractivity contribution >= 4 is 32.6 Å². The number of carbonyl (C=O) groups excluding carboxylic acids is 1. The average molecular weight is 491 g/mol. The summed E-state index contributed by atoms with van der Waals surface area (Å²) in [5.41, 5.74) is 3.45. The van der Waals surface area contributed by atoms with E-state index in [1.165, 1.54) is 11.3 Å². The molecule has 0 saturated carbocycles. The standard InChI is InChI=1S/C28H30N2O4S/c1-5-32-22-16-21(17-23(33-6-2)26(22)34-7-3)27(31)30(18-20-13-9-8-10-14-20)28-29-25-19(4)12-11-15-24(25)35-28/h8-17H,5-7,18H2,1-4H3. The molecule has 1 heterocycles. The Labute approximate surface area is 210 Å². The quantitative estimate of drug-likeness (QED) is 0.249. The normalized spacial score (nSPS) is 10.9. The van der Waals surface area contributed by atoms with Crippen LogP contribution in [-0.2, 0) is 6.54 Å². The molecular formula is C28H30N2O4S. The van der Waals surface area contributed by atoms with E-state index in [4.69, 9.17) is 19.2 Å². The molecule has 0 atom stereocenters. The zero-order valence-corrected chi connectivity index (χ0v) is 21.4. The van der Waals surface area contributed by atoms with Crippen LogP contribution in [0.5, 0.6) is 17.2 Å². The van der Waals surface area contributed by atoms with Gasteiger partial charge >= 0.3 is 0 Å². The highest BCUT2D eigenvalue weighted by Crippen LogP contribution is 2.40. The lowest BCUT2D eigenvalue weighted by Crippen LogP contribution is -2.30. The van der Waals surface area contributed by atoms with Gasteiger partial charge in [-0.25, -0.2) is 4.98 Å². The van der Waals surface area contributed by atoms with Crippen molar-refractivity contribution in [1.82, 2.24) is 4.98 Å². The van der Waals surface area contributed by atoms with Gasteiger partial charge in [-0.1, -0.05) is 53.8 Å². The number of rotatable bonds is 10. The van der Waals surface area contributed by atoms with E-state index in [0.29, 0.717) is 54.3 Å². The molecule has 182 valence electrons. The van der Waals surface area contributed by atoms with Crippen LogP contribution in [0.3, 0.4) is 0 Å². The maximum atomic E-state index is 14.0. The van der Waals surface area contributed by atoms with Crippen LogP contribution in [0.1, 0.15) is 42.3 Å². The summed E-state index contributed by atoms with van der Waals surface area (Å²) in [5, 5.41) is 0.646. The number of aromatic nitrogens is 1. The Morgan fingerprint density at radius 2 is 1.54 bits per heavy atom. The molecule has 0 radical (unpaired) electrons. The molecule has 4 rings (SSSR count). The molecule has 0 aliphatic heterocycles. The highest BCUT2D eigenvalue weighted by Gasteiger charge is 2.25. The van der Waals surface area contributed by atoms with E-state index in [9.17, 15) is 4.79 Å². The number of fused-ring (bicyclic) bond motifs is 1. The topological polar surface area (TPSA) is 60.9 Å². The van der Waals surface area contributed by atoms with Crippen molar-refractivity contribution in [2.45, 2.75) is 34.2 Å². The predicted molar refractivity (Wildman–Crippen MR) is 141 cm³/mol. The molecule has 0 N–H and O–H groups in total. The van der Waals surface area contributed by atoms with E-state index in [0.717, 1.165) is 21.3 Å². The smallest absolute Gasteiger partial charge is 0.260 e. The van der Waals surface area contributed by atoms with Crippen molar-refractivity contribution in [3.63, 3.8) is 0 Å². The first-order valence-corrected chi connectivity index (χ1v) is 12.7.